The second-order valence-corrected chi connectivity index (χ2v) is 11.0. The number of anilines is 1. The number of hydrogen-bond acceptors (Lipinski definition) is 7. The predicted octanol–water partition coefficient (Wildman–Crippen LogP) is 4.99. The Morgan fingerprint density at radius 1 is 1.12 bits per heavy atom. The lowest BCUT2D eigenvalue weighted by molar-refractivity contribution is 0.107. The Hall–Kier alpha value is -3.57. The summed E-state index contributed by atoms with van der Waals surface area (Å²) in [5, 5.41) is 7.34. The summed E-state index contributed by atoms with van der Waals surface area (Å²) in [4.78, 5) is 15.5. The van der Waals surface area contributed by atoms with Crippen LogP contribution in [0.4, 0.5) is 23.4 Å². The lowest BCUT2D eigenvalue weighted by Crippen LogP contribution is -2.43. The Morgan fingerprint density at radius 2 is 2.02 bits per heavy atom. The summed E-state index contributed by atoms with van der Waals surface area (Å²) >= 11 is 0. The number of ether oxygens (including phenoxy) is 1. The first-order valence-electron chi connectivity index (χ1n) is 13.6. The van der Waals surface area contributed by atoms with Crippen LogP contribution in [-0.4, -0.2) is 70.4 Å². The Bertz CT molecular complexity index is 1610. The van der Waals surface area contributed by atoms with Crippen LogP contribution in [0.25, 0.3) is 32.9 Å². The monoisotopic (exact) mass is 552 g/mol. The van der Waals surface area contributed by atoms with Crippen LogP contribution >= 0.6 is 0 Å². The number of pyridine rings is 1. The average Bonchev–Trinajstić information content (AvgIpc) is 3.66. The number of nitrogens with zero attached hydrogens (tertiary/aromatic N) is 4. The van der Waals surface area contributed by atoms with Crippen molar-refractivity contribution in [3.8, 4) is 17.3 Å². The van der Waals surface area contributed by atoms with E-state index in [9.17, 15) is 13.2 Å². The highest BCUT2D eigenvalue weighted by atomic mass is 19.2. The third-order valence-corrected chi connectivity index (χ3v) is 8.49. The van der Waals surface area contributed by atoms with E-state index in [-0.39, 0.29) is 40.8 Å². The van der Waals surface area contributed by atoms with Gasteiger partial charge in [-0.05, 0) is 43.8 Å². The molecule has 3 saturated heterocycles. The molecule has 0 spiro atoms. The highest BCUT2D eigenvalue weighted by molar-refractivity contribution is 5.99. The molecule has 0 amide bonds. The van der Waals surface area contributed by atoms with Crippen LogP contribution in [0, 0.1) is 17.5 Å². The molecule has 0 bridgehead atoms. The van der Waals surface area contributed by atoms with Gasteiger partial charge in [0.05, 0.1) is 10.9 Å². The van der Waals surface area contributed by atoms with E-state index in [1.54, 1.807) is 12.1 Å². The summed E-state index contributed by atoms with van der Waals surface area (Å²) in [6.45, 7) is 2.95. The molecule has 11 heteroatoms. The fourth-order valence-corrected chi connectivity index (χ4v) is 6.52. The van der Waals surface area contributed by atoms with Crippen molar-refractivity contribution in [3.63, 3.8) is 0 Å². The molecule has 208 valence electrons. The maximum atomic E-state index is 16.3. The van der Waals surface area contributed by atoms with Gasteiger partial charge in [0.25, 0.3) is 0 Å². The van der Waals surface area contributed by atoms with E-state index in [4.69, 9.17) is 4.74 Å². The molecular formula is C29H28F4N6O. The Balaban J connectivity index is 1.33. The molecule has 3 aliphatic heterocycles. The smallest absolute Gasteiger partial charge is 0.319 e. The molecule has 7 nitrogen and oxygen atoms in total. The minimum Gasteiger partial charge on any atom is -0.461 e. The van der Waals surface area contributed by atoms with Crippen molar-refractivity contribution in [2.45, 2.75) is 43.4 Å². The molecule has 3 fully saturated rings. The lowest BCUT2D eigenvalue weighted by Gasteiger charge is -2.30. The molecule has 3 atom stereocenters. The van der Waals surface area contributed by atoms with Crippen molar-refractivity contribution in [3.05, 3.63) is 54.0 Å². The van der Waals surface area contributed by atoms with E-state index < -0.39 is 29.2 Å². The molecule has 0 saturated carbocycles. The van der Waals surface area contributed by atoms with Crippen molar-refractivity contribution in [1.82, 2.24) is 25.2 Å². The number of nitrogens with one attached hydrogen (secondary N) is 2. The van der Waals surface area contributed by atoms with Crippen LogP contribution in [-0.2, 0) is 0 Å². The van der Waals surface area contributed by atoms with E-state index in [2.05, 4.69) is 30.5 Å². The van der Waals surface area contributed by atoms with E-state index >= 15 is 4.39 Å². The molecule has 0 unspecified atom stereocenters. The minimum absolute atomic E-state index is 0.0318. The van der Waals surface area contributed by atoms with Crippen LogP contribution in [0.2, 0.25) is 0 Å². The third-order valence-electron chi connectivity index (χ3n) is 8.49. The van der Waals surface area contributed by atoms with Gasteiger partial charge in [0.2, 0.25) is 0 Å². The highest BCUT2D eigenvalue weighted by Gasteiger charge is 2.49. The second-order valence-electron chi connectivity index (χ2n) is 11.0. The number of halogens is 4. The van der Waals surface area contributed by atoms with Crippen LogP contribution in [0.15, 0.2) is 36.5 Å². The molecule has 4 aromatic rings. The summed E-state index contributed by atoms with van der Waals surface area (Å²) in [7, 11) is 0. The Morgan fingerprint density at radius 3 is 2.88 bits per heavy atom. The van der Waals surface area contributed by atoms with Crippen LogP contribution in [0.3, 0.4) is 0 Å². The van der Waals surface area contributed by atoms with E-state index in [0.29, 0.717) is 36.1 Å². The SMILES string of the molecule is Fc1ccc2cccc(-c3ncc4c(N[C@@H]5CCNC5)nc(OC[C@@]56CCCN5C[C@H](F)C6)nc4c3F)c2c1F. The van der Waals surface area contributed by atoms with Crippen molar-refractivity contribution in [1.29, 1.82) is 0 Å². The largest absolute Gasteiger partial charge is 0.461 e. The standard InChI is InChI=1S/C29H28F4N6O/c30-17-11-29(8-2-10-39(29)14-17)15-40-28-37-26-20(27(38-28)36-18-7-9-34-12-18)13-35-25(24(26)33)19-4-1-3-16-5-6-21(31)23(32)22(16)19/h1,3-6,13,17-18,34H,2,7-12,14-15H2,(H,36,37,38)/t17-,18-,29+/m1/s1. The molecule has 5 heterocycles. The first-order valence-corrected chi connectivity index (χ1v) is 13.6. The first kappa shape index (κ1) is 25.4. The first-order chi connectivity index (χ1) is 19.4. The normalized spacial score (nSPS) is 24.7. The van der Waals surface area contributed by atoms with Gasteiger partial charge in [0.1, 0.15) is 29.8 Å². The van der Waals surface area contributed by atoms with Crippen LogP contribution in [0.5, 0.6) is 6.01 Å². The van der Waals surface area contributed by atoms with Gasteiger partial charge in [-0.2, -0.15) is 9.97 Å². The van der Waals surface area contributed by atoms with Gasteiger partial charge in [-0.1, -0.05) is 24.3 Å². The van der Waals surface area contributed by atoms with E-state index in [1.807, 2.05) is 0 Å². The summed E-state index contributed by atoms with van der Waals surface area (Å²) in [5.74, 6) is -2.52. The average molecular weight is 553 g/mol. The molecule has 2 N–H and O–H groups in total. The molecule has 0 aliphatic carbocycles. The third kappa shape index (κ3) is 4.23. The zero-order valence-electron chi connectivity index (χ0n) is 21.7. The molecule has 3 aliphatic rings. The zero-order chi connectivity index (χ0) is 27.4. The Kier molecular flexibility index (Phi) is 6.23. The lowest BCUT2D eigenvalue weighted by atomic mass is 9.95. The highest BCUT2D eigenvalue weighted by Crippen LogP contribution is 2.41. The summed E-state index contributed by atoms with van der Waals surface area (Å²) < 4.78 is 65.7. The molecule has 2 aromatic heterocycles. The molecule has 7 rings (SSSR count). The van der Waals surface area contributed by atoms with Crippen molar-refractivity contribution in [2.24, 2.45) is 0 Å². The summed E-state index contributed by atoms with van der Waals surface area (Å²) in [6.07, 6.45) is 3.54. The van der Waals surface area contributed by atoms with Gasteiger partial charge in [-0.25, -0.2) is 17.6 Å². The van der Waals surface area contributed by atoms with E-state index in [1.165, 1.54) is 18.3 Å². The quantitative estimate of drug-likeness (QED) is 0.327. The van der Waals surface area contributed by atoms with Crippen LogP contribution < -0.4 is 15.4 Å². The maximum Gasteiger partial charge on any atom is 0.319 e. The molecular weight excluding hydrogens is 524 g/mol. The van der Waals surface area contributed by atoms with Crippen molar-refractivity contribution < 1.29 is 22.3 Å². The molecule has 0 radical (unpaired) electrons. The van der Waals surface area contributed by atoms with Gasteiger partial charge in [-0.15, -0.1) is 0 Å². The zero-order valence-corrected chi connectivity index (χ0v) is 21.7. The summed E-state index contributed by atoms with van der Waals surface area (Å²) in [6, 6.07) is 7.29. The predicted molar refractivity (Wildman–Crippen MR) is 144 cm³/mol. The number of benzene rings is 2. The van der Waals surface area contributed by atoms with E-state index in [0.717, 1.165) is 38.4 Å². The second kappa shape index (κ2) is 9.81. The van der Waals surface area contributed by atoms with Crippen molar-refractivity contribution >= 4 is 27.5 Å². The fraction of sp³-hybridized carbons (Fsp3) is 0.414. The van der Waals surface area contributed by atoms with Gasteiger partial charge >= 0.3 is 6.01 Å². The molecule has 2 aromatic carbocycles. The van der Waals surface area contributed by atoms with Crippen LogP contribution in [0.1, 0.15) is 25.7 Å². The molecule has 40 heavy (non-hydrogen) atoms. The number of rotatable bonds is 6. The number of fused-ring (bicyclic) bond motifs is 3. The van der Waals surface area contributed by atoms with Gasteiger partial charge in [0, 0.05) is 42.7 Å². The van der Waals surface area contributed by atoms with Gasteiger partial charge < -0.3 is 15.4 Å². The van der Waals surface area contributed by atoms with Gasteiger partial charge in [-0.3, -0.25) is 9.88 Å². The number of alkyl halides is 1. The van der Waals surface area contributed by atoms with Crippen molar-refractivity contribution in [2.75, 3.05) is 38.1 Å². The Labute approximate surface area is 228 Å². The summed E-state index contributed by atoms with van der Waals surface area (Å²) in [5.41, 5.74) is -0.511. The fourth-order valence-electron chi connectivity index (χ4n) is 6.52. The maximum absolute atomic E-state index is 16.3. The number of aromatic nitrogens is 3. The topological polar surface area (TPSA) is 75.2 Å². The minimum atomic E-state index is -1.07. The van der Waals surface area contributed by atoms with Gasteiger partial charge in [0.15, 0.2) is 17.5 Å². The number of hydrogen-bond donors (Lipinski definition) is 2.